The molecule has 1 aliphatic carbocycles. The molecule has 0 aromatic carbocycles. The van der Waals surface area contributed by atoms with E-state index in [0.29, 0.717) is 17.8 Å². The van der Waals surface area contributed by atoms with E-state index in [-0.39, 0.29) is 12.1 Å². The molecule has 5 nitrogen and oxygen atoms in total. The maximum absolute atomic E-state index is 12.1. The summed E-state index contributed by atoms with van der Waals surface area (Å²) in [6, 6.07) is 2.08. The zero-order valence-electron chi connectivity index (χ0n) is 14.8. The van der Waals surface area contributed by atoms with Crippen LogP contribution in [0.2, 0.25) is 0 Å². The lowest BCUT2D eigenvalue weighted by Gasteiger charge is -2.39. The predicted molar refractivity (Wildman–Crippen MR) is 92.1 cm³/mol. The molecule has 0 bridgehead atoms. The smallest absolute Gasteiger partial charge is 0.407 e. The van der Waals surface area contributed by atoms with E-state index in [1.807, 2.05) is 26.8 Å². The summed E-state index contributed by atoms with van der Waals surface area (Å²) < 4.78 is 5.40. The van der Waals surface area contributed by atoms with Gasteiger partial charge in [-0.25, -0.2) is 4.79 Å². The Labute approximate surface area is 139 Å². The molecule has 0 unspecified atom stereocenters. The molecule has 0 spiro atoms. The lowest BCUT2D eigenvalue weighted by Crippen LogP contribution is -2.47. The van der Waals surface area contributed by atoms with E-state index in [4.69, 9.17) is 10.5 Å². The number of anilines is 1. The zero-order chi connectivity index (χ0) is 17.2. The summed E-state index contributed by atoms with van der Waals surface area (Å²) in [7, 11) is 0. The SMILES string of the molecule is C[C@@H]1[C@H](C)C[C@H](c2ccncc2N)C[C@@H]1NC(=O)OC(C)(C)C. The van der Waals surface area contributed by atoms with Crippen LogP contribution >= 0.6 is 0 Å². The van der Waals surface area contributed by atoms with Gasteiger partial charge in [-0.15, -0.1) is 0 Å². The van der Waals surface area contributed by atoms with Crippen molar-refractivity contribution in [3.8, 4) is 0 Å². The molecule has 23 heavy (non-hydrogen) atoms. The monoisotopic (exact) mass is 319 g/mol. The van der Waals surface area contributed by atoms with Gasteiger partial charge in [0.25, 0.3) is 0 Å². The van der Waals surface area contributed by atoms with Gasteiger partial charge in [0.1, 0.15) is 5.60 Å². The van der Waals surface area contributed by atoms with Crippen molar-refractivity contribution >= 4 is 11.8 Å². The summed E-state index contributed by atoms with van der Waals surface area (Å²) in [4.78, 5) is 16.2. The molecule has 5 heteroatoms. The number of rotatable bonds is 2. The van der Waals surface area contributed by atoms with Gasteiger partial charge in [-0.2, -0.15) is 0 Å². The van der Waals surface area contributed by atoms with Gasteiger partial charge in [0.05, 0.1) is 11.9 Å². The van der Waals surface area contributed by atoms with Crippen LogP contribution in [0.3, 0.4) is 0 Å². The second-order valence-corrected chi connectivity index (χ2v) is 7.76. The van der Waals surface area contributed by atoms with E-state index >= 15 is 0 Å². The second-order valence-electron chi connectivity index (χ2n) is 7.76. The minimum atomic E-state index is -0.484. The molecule has 1 amide bonds. The Kier molecular flexibility index (Phi) is 5.17. The number of carbonyl (C=O) groups excluding carboxylic acids is 1. The highest BCUT2D eigenvalue weighted by Crippen LogP contribution is 2.41. The maximum Gasteiger partial charge on any atom is 0.407 e. The van der Waals surface area contributed by atoms with Gasteiger partial charge in [0, 0.05) is 12.2 Å². The third kappa shape index (κ3) is 4.60. The van der Waals surface area contributed by atoms with Crippen LogP contribution in [-0.4, -0.2) is 22.7 Å². The quantitative estimate of drug-likeness (QED) is 0.871. The van der Waals surface area contributed by atoms with Gasteiger partial charge in [0.2, 0.25) is 0 Å². The lowest BCUT2D eigenvalue weighted by molar-refractivity contribution is 0.0448. The molecule has 1 aliphatic rings. The van der Waals surface area contributed by atoms with Crippen LogP contribution in [0.15, 0.2) is 18.5 Å². The van der Waals surface area contributed by atoms with Gasteiger partial charge in [-0.3, -0.25) is 4.98 Å². The summed E-state index contributed by atoms with van der Waals surface area (Å²) in [5.74, 6) is 1.24. The Balaban J connectivity index is 2.10. The third-order valence-electron chi connectivity index (χ3n) is 4.76. The van der Waals surface area contributed by atoms with E-state index in [0.717, 1.165) is 24.1 Å². The van der Waals surface area contributed by atoms with Crippen molar-refractivity contribution in [3.63, 3.8) is 0 Å². The van der Waals surface area contributed by atoms with Gasteiger partial charge in [-0.1, -0.05) is 13.8 Å². The number of carbonyl (C=O) groups is 1. The summed E-state index contributed by atoms with van der Waals surface area (Å²) in [5, 5.41) is 3.06. The van der Waals surface area contributed by atoms with Gasteiger partial charge >= 0.3 is 6.09 Å². The van der Waals surface area contributed by atoms with Crippen molar-refractivity contribution in [2.75, 3.05) is 5.73 Å². The number of hydrogen-bond donors (Lipinski definition) is 2. The number of nitrogens with two attached hydrogens (primary N) is 1. The Morgan fingerprint density at radius 1 is 1.35 bits per heavy atom. The molecular weight excluding hydrogens is 290 g/mol. The van der Waals surface area contributed by atoms with Crippen LogP contribution in [0.1, 0.15) is 58.9 Å². The minimum absolute atomic E-state index is 0.0890. The standard InChI is InChI=1S/C18H29N3O2/c1-11-8-13(14-6-7-20-10-15(14)19)9-16(12(11)2)21-17(22)23-18(3,4)5/h6-7,10-13,16H,8-9,19H2,1-5H3,(H,21,22)/t11-,12-,13+,16+/m1/s1. The molecule has 128 valence electrons. The Morgan fingerprint density at radius 2 is 2.04 bits per heavy atom. The first kappa shape index (κ1) is 17.6. The van der Waals surface area contributed by atoms with Crippen molar-refractivity contribution in [1.29, 1.82) is 0 Å². The predicted octanol–water partition coefficient (Wildman–Crippen LogP) is 3.71. The summed E-state index contributed by atoms with van der Waals surface area (Å²) in [6.07, 6.45) is 5.09. The number of aromatic nitrogens is 1. The fourth-order valence-electron chi connectivity index (χ4n) is 3.37. The van der Waals surface area contributed by atoms with Gasteiger partial charge < -0.3 is 15.8 Å². The van der Waals surface area contributed by atoms with Crippen LogP contribution in [0, 0.1) is 11.8 Å². The molecule has 0 radical (unpaired) electrons. The van der Waals surface area contributed by atoms with Crippen molar-refractivity contribution in [2.24, 2.45) is 11.8 Å². The fraction of sp³-hybridized carbons (Fsp3) is 0.667. The number of nitrogens with one attached hydrogen (secondary N) is 1. The molecule has 1 fully saturated rings. The van der Waals surface area contributed by atoms with Crippen molar-refractivity contribution < 1.29 is 9.53 Å². The Bertz CT molecular complexity index is 553. The van der Waals surface area contributed by atoms with Crippen LogP contribution in [0.5, 0.6) is 0 Å². The summed E-state index contributed by atoms with van der Waals surface area (Å²) >= 11 is 0. The molecule has 0 aliphatic heterocycles. The average molecular weight is 319 g/mol. The van der Waals surface area contributed by atoms with E-state index in [2.05, 4.69) is 24.1 Å². The fourth-order valence-corrected chi connectivity index (χ4v) is 3.37. The average Bonchev–Trinajstić information content (AvgIpc) is 2.42. The first-order valence-electron chi connectivity index (χ1n) is 8.36. The summed E-state index contributed by atoms with van der Waals surface area (Å²) in [5.41, 5.74) is 7.47. The lowest BCUT2D eigenvalue weighted by atomic mass is 9.70. The van der Waals surface area contributed by atoms with Crippen molar-refractivity contribution in [2.45, 2.75) is 65.0 Å². The first-order chi connectivity index (χ1) is 10.7. The third-order valence-corrected chi connectivity index (χ3v) is 4.76. The Morgan fingerprint density at radius 3 is 2.65 bits per heavy atom. The molecule has 2 rings (SSSR count). The van der Waals surface area contributed by atoms with Crippen molar-refractivity contribution in [1.82, 2.24) is 10.3 Å². The molecule has 4 atom stereocenters. The number of alkyl carbamates (subject to hydrolysis) is 1. The van der Waals surface area contributed by atoms with Crippen molar-refractivity contribution in [3.05, 3.63) is 24.0 Å². The van der Waals surface area contributed by atoms with E-state index in [1.54, 1.807) is 12.4 Å². The number of hydrogen-bond acceptors (Lipinski definition) is 4. The highest BCUT2D eigenvalue weighted by Gasteiger charge is 2.35. The number of pyridine rings is 1. The molecule has 0 saturated heterocycles. The largest absolute Gasteiger partial charge is 0.444 e. The first-order valence-corrected chi connectivity index (χ1v) is 8.36. The highest BCUT2D eigenvalue weighted by atomic mass is 16.6. The molecule has 3 N–H and O–H groups in total. The summed E-state index contributed by atoms with van der Waals surface area (Å²) in [6.45, 7) is 10.1. The van der Waals surface area contributed by atoms with Gasteiger partial charge in [0.15, 0.2) is 0 Å². The molecular formula is C18H29N3O2. The van der Waals surface area contributed by atoms with E-state index in [1.165, 1.54) is 0 Å². The molecule has 1 aromatic heterocycles. The number of nitrogen functional groups attached to an aromatic ring is 1. The Hall–Kier alpha value is -1.78. The van der Waals surface area contributed by atoms with Crippen LogP contribution in [0.25, 0.3) is 0 Å². The van der Waals surface area contributed by atoms with E-state index in [9.17, 15) is 4.79 Å². The number of ether oxygens (including phenoxy) is 1. The van der Waals surface area contributed by atoms with Crippen LogP contribution in [0.4, 0.5) is 10.5 Å². The highest BCUT2D eigenvalue weighted by molar-refractivity contribution is 5.68. The van der Waals surface area contributed by atoms with Crippen LogP contribution in [-0.2, 0) is 4.74 Å². The van der Waals surface area contributed by atoms with Crippen LogP contribution < -0.4 is 11.1 Å². The molecule has 1 saturated carbocycles. The second kappa shape index (κ2) is 6.77. The zero-order valence-corrected chi connectivity index (χ0v) is 14.8. The molecule has 1 aromatic rings. The maximum atomic E-state index is 12.1. The number of amides is 1. The molecule has 1 heterocycles. The minimum Gasteiger partial charge on any atom is -0.444 e. The van der Waals surface area contributed by atoms with E-state index < -0.39 is 5.60 Å². The topological polar surface area (TPSA) is 77.2 Å². The van der Waals surface area contributed by atoms with Gasteiger partial charge in [-0.05, 0) is 63.0 Å². The number of nitrogens with zero attached hydrogens (tertiary/aromatic N) is 1. The normalized spacial score (nSPS) is 28.2.